The van der Waals surface area contributed by atoms with Crippen LogP contribution in [0.4, 0.5) is 0 Å². The van der Waals surface area contributed by atoms with Crippen molar-refractivity contribution in [3.8, 4) is 0 Å². The summed E-state index contributed by atoms with van der Waals surface area (Å²) in [6.45, 7) is 2.02. The van der Waals surface area contributed by atoms with Gasteiger partial charge in [-0.05, 0) is 19.3 Å². The minimum absolute atomic E-state index is 0.549. The van der Waals surface area contributed by atoms with E-state index in [4.69, 9.17) is 5.11 Å². The maximum atomic E-state index is 11.0. The highest BCUT2D eigenvalue weighted by atomic mass is 16.4. The van der Waals surface area contributed by atoms with Gasteiger partial charge in [0.25, 0.3) is 0 Å². The molecule has 1 rings (SSSR count). The molecule has 80 valence electrons. The largest absolute Gasteiger partial charge is 0.481 e. The van der Waals surface area contributed by atoms with Crippen LogP contribution >= 0.6 is 0 Å². The van der Waals surface area contributed by atoms with Crippen molar-refractivity contribution >= 4 is 5.97 Å². The molecule has 0 amide bonds. The summed E-state index contributed by atoms with van der Waals surface area (Å²) in [6, 6.07) is 0. The minimum atomic E-state index is -1.10. The van der Waals surface area contributed by atoms with Gasteiger partial charge in [0, 0.05) is 0 Å². The monoisotopic (exact) mass is 198 g/mol. The van der Waals surface area contributed by atoms with E-state index in [0.717, 1.165) is 19.3 Å². The van der Waals surface area contributed by atoms with Gasteiger partial charge in [-0.25, -0.2) is 0 Å². The molecule has 1 aliphatic carbocycles. The number of rotatable bonds is 5. The maximum Gasteiger partial charge on any atom is 0.309 e. The summed E-state index contributed by atoms with van der Waals surface area (Å²) >= 11 is 0. The van der Waals surface area contributed by atoms with Crippen molar-refractivity contribution in [3.63, 3.8) is 0 Å². The Morgan fingerprint density at radius 2 is 2.36 bits per heavy atom. The Labute approximate surface area is 84.4 Å². The van der Waals surface area contributed by atoms with Gasteiger partial charge in [-0.3, -0.25) is 4.79 Å². The summed E-state index contributed by atoms with van der Waals surface area (Å²) in [6.07, 6.45) is 7.23. The normalized spacial score (nSPS) is 27.9. The Hall–Kier alpha value is -0.830. The van der Waals surface area contributed by atoms with Gasteiger partial charge in [-0.1, -0.05) is 31.9 Å². The van der Waals surface area contributed by atoms with E-state index in [0.29, 0.717) is 12.8 Å². The molecule has 0 aromatic carbocycles. The molecule has 0 spiro atoms. The summed E-state index contributed by atoms with van der Waals surface area (Å²) in [5.41, 5.74) is -1.10. The average molecular weight is 198 g/mol. The van der Waals surface area contributed by atoms with Gasteiger partial charge in [0.05, 0.1) is 11.5 Å². The Morgan fingerprint density at radius 1 is 1.64 bits per heavy atom. The maximum absolute atomic E-state index is 11.0. The van der Waals surface area contributed by atoms with Crippen LogP contribution in [0.1, 0.15) is 39.0 Å². The zero-order valence-corrected chi connectivity index (χ0v) is 8.57. The lowest BCUT2D eigenvalue weighted by molar-refractivity contribution is -0.149. The van der Waals surface area contributed by atoms with Crippen LogP contribution in [-0.4, -0.2) is 21.8 Å². The van der Waals surface area contributed by atoms with Crippen molar-refractivity contribution in [1.82, 2.24) is 0 Å². The standard InChI is InChI=1S/C11H18O3/c1-2-3-6-9(10(12)13)11(14)7-4-5-8-11/h4,7,9,14H,2-3,5-6,8H2,1H3,(H,12,13). The number of hydrogen-bond donors (Lipinski definition) is 2. The first kappa shape index (κ1) is 11.2. The van der Waals surface area contributed by atoms with E-state index in [9.17, 15) is 9.90 Å². The number of unbranched alkanes of at least 4 members (excludes halogenated alkanes) is 1. The van der Waals surface area contributed by atoms with Gasteiger partial charge in [0.15, 0.2) is 0 Å². The predicted molar refractivity (Wildman–Crippen MR) is 54.0 cm³/mol. The zero-order chi connectivity index (χ0) is 10.6. The number of aliphatic carboxylic acids is 1. The van der Waals surface area contributed by atoms with Crippen LogP contribution in [0, 0.1) is 5.92 Å². The molecular formula is C11H18O3. The second-order valence-corrected chi connectivity index (χ2v) is 3.97. The molecule has 2 atom stereocenters. The smallest absolute Gasteiger partial charge is 0.309 e. The van der Waals surface area contributed by atoms with Gasteiger partial charge >= 0.3 is 5.97 Å². The highest BCUT2D eigenvalue weighted by Gasteiger charge is 2.40. The van der Waals surface area contributed by atoms with Gasteiger partial charge in [-0.15, -0.1) is 0 Å². The highest BCUT2D eigenvalue weighted by molar-refractivity contribution is 5.72. The van der Waals surface area contributed by atoms with E-state index in [-0.39, 0.29) is 0 Å². The second kappa shape index (κ2) is 4.60. The van der Waals surface area contributed by atoms with Crippen LogP contribution in [0.25, 0.3) is 0 Å². The minimum Gasteiger partial charge on any atom is -0.481 e. The molecular weight excluding hydrogens is 180 g/mol. The van der Waals surface area contributed by atoms with Crippen LogP contribution in [0.15, 0.2) is 12.2 Å². The molecule has 1 aliphatic rings. The molecule has 0 saturated heterocycles. The lowest BCUT2D eigenvalue weighted by atomic mass is 9.83. The molecule has 0 aromatic rings. The third kappa shape index (κ3) is 2.35. The lowest BCUT2D eigenvalue weighted by Gasteiger charge is -2.27. The van der Waals surface area contributed by atoms with Crippen LogP contribution < -0.4 is 0 Å². The van der Waals surface area contributed by atoms with E-state index in [1.165, 1.54) is 0 Å². The number of carbonyl (C=O) groups is 1. The van der Waals surface area contributed by atoms with Crippen molar-refractivity contribution in [2.24, 2.45) is 5.92 Å². The van der Waals surface area contributed by atoms with Gasteiger partial charge in [0.1, 0.15) is 0 Å². The molecule has 0 bridgehead atoms. The van der Waals surface area contributed by atoms with Crippen LogP contribution in [-0.2, 0) is 4.79 Å². The van der Waals surface area contributed by atoms with Crippen molar-refractivity contribution < 1.29 is 15.0 Å². The fourth-order valence-corrected chi connectivity index (χ4v) is 1.97. The van der Waals surface area contributed by atoms with E-state index >= 15 is 0 Å². The van der Waals surface area contributed by atoms with E-state index in [2.05, 4.69) is 0 Å². The quantitative estimate of drug-likeness (QED) is 0.664. The molecule has 0 aromatic heterocycles. The Kier molecular flexibility index (Phi) is 3.69. The van der Waals surface area contributed by atoms with E-state index < -0.39 is 17.5 Å². The third-order valence-electron chi connectivity index (χ3n) is 2.87. The summed E-state index contributed by atoms with van der Waals surface area (Å²) in [5, 5.41) is 19.1. The van der Waals surface area contributed by atoms with Gasteiger partial charge in [-0.2, -0.15) is 0 Å². The van der Waals surface area contributed by atoms with Crippen LogP contribution in [0.5, 0.6) is 0 Å². The molecule has 0 fully saturated rings. The summed E-state index contributed by atoms with van der Waals surface area (Å²) in [7, 11) is 0. The molecule has 0 saturated carbocycles. The predicted octanol–water partition coefficient (Wildman–Crippen LogP) is 1.96. The summed E-state index contributed by atoms with van der Waals surface area (Å²) in [5.74, 6) is -1.52. The van der Waals surface area contributed by atoms with Crippen LogP contribution in [0.2, 0.25) is 0 Å². The Bertz CT molecular complexity index is 235. The molecule has 3 heteroatoms. The number of allylic oxidation sites excluding steroid dienone is 1. The number of carboxylic acid groups (broad SMARTS) is 1. The van der Waals surface area contributed by atoms with Crippen molar-refractivity contribution in [2.75, 3.05) is 0 Å². The lowest BCUT2D eigenvalue weighted by Crippen LogP contribution is -2.39. The molecule has 3 nitrogen and oxygen atoms in total. The number of hydrogen-bond acceptors (Lipinski definition) is 2. The number of aliphatic hydroxyl groups is 1. The van der Waals surface area contributed by atoms with E-state index in [1.54, 1.807) is 6.08 Å². The Morgan fingerprint density at radius 3 is 2.79 bits per heavy atom. The van der Waals surface area contributed by atoms with Crippen molar-refractivity contribution in [2.45, 2.75) is 44.6 Å². The second-order valence-electron chi connectivity index (χ2n) is 3.97. The highest BCUT2D eigenvalue weighted by Crippen LogP contribution is 2.33. The first-order valence-corrected chi connectivity index (χ1v) is 5.23. The molecule has 2 unspecified atom stereocenters. The molecule has 2 N–H and O–H groups in total. The van der Waals surface area contributed by atoms with Crippen LogP contribution in [0.3, 0.4) is 0 Å². The zero-order valence-electron chi connectivity index (χ0n) is 8.57. The molecule has 0 aliphatic heterocycles. The molecule has 14 heavy (non-hydrogen) atoms. The van der Waals surface area contributed by atoms with E-state index in [1.807, 2.05) is 13.0 Å². The average Bonchev–Trinajstić information content (AvgIpc) is 2.53. The first-order valence-electron chi connectivity index (χ1n) is 5.23. The van der Waals surface area contributed by atoms with Gasteiger partial charge in [0.2, 0.25) is 0 Å². The molecule has 0 radical (unpaired) electrons. The van der Waals surface area contributed by atoms with Crippen molar-refractivity contribution in [1.29, 1.82) is 0 Å². The van der Waals surface area contributed by atoms with Gasteiger partial charge < -0.3 is 10.2 Å². The fourth-order valence-electron chi connectivity index (χ4n) is 1.97. The van der Waals surface area contributed by atoms with Crippen molar-refractivity contribution in [3.05, 3.63) is 12.2 Å². The summed E-state index contributed by atoms with van der Waals surface area (Å²) < 4.78 is 0. The topological polar surface area (TPSA) is 57.5 Å². The fraction of sp³-hybridized carbons (Fsp3) is 0.727. The first-order chi connectivity index (χ1) is 6.60. The summed E-state index contributed by atoms with van der Waals surface area (Å²) in [4.78, 5) is 11.0. The Balaban J connectivity index is 2.66. The SMILES string of the molecule is CCCCC(C(=O)O)C1(O)C=CCC1. The third-order valence-corrected chi connectivity index (χ3v) is 2.87. The molecule has 0 heterocycles. The number of carboxylic acids is 1.